The van der Waals surface area contributed by atoms with Gasteiger partial charge in [0.1, 0.15) is 0 Å². The zero-order valence-electron chi connectivity index (χ0n) is 13.7. The van der Waals surface area contributed by atoms with E-state index in [9.17, 15) is 4.57 Å². The number of rotatable bonds is 0. The second kappa shape index (κ2) is 6.72. The van der Waals surface area contributed by atoms with Crippen molar-refractivity contribution in [3.05, 3.63) is 57.6 Å². The number of hydrogen-bond acceptors (Lipinski definition) is 3. The predicted octanol–water partition coefficient (Wildman–Crippen LogP) is 4.56. The van der Waals surface area contributed by atoms with Gasteiger partial charge in [-0.1, -0.05) is 35.4 Å². The molecule has 1 radical (unpaired) electrons. The molecule has 0 atom stereocenters. The van der Waals surface area contributed by atoms with E-state index in [0.717, 1.165) is 28.7 Å². The van der Waals surface area contributed by atoms with Crippen molar-refractivity contribution in [3.8, 4) is 11.5 Å². The Morgan fingerprint density at radius 3 is 1.64 bits per heavy atom. The Bertz CT molecular complexity index is 695. The van der Waals surface area contributed by atoms with Crippen molar-refractivity contribution in [2.24, 2.45) is 0 Å². The van der Waals surface area contributed by atoms with Crippen molar-refractivity contribution in [1.29, 1.82) is 0 Å². The Morgan fingerprint density at radius 1 is 0.818 bits per heavy atom. The molecule has 22 heavy (non-hydrogen) atoms. The van der Waals surface area contributed by atoms with E-state index < -0.39 is 8.25 Å². The van der Waals surface area contributed by atoms with Crippen LogP contribution in [-0.4, -0.2) is 29.6 Å². The number of hydrogen-bond donors (Lipinski definition) is 0. The first-order valence-corrected chi connectivity index (χ1v) is 8.07. The van der Waals surface area contributed by atoms with Gasteiger partial charge in [-0.3, -0.25) is 0 Å². The molecule has 2 aromatic rings. The summed E-state index contributed by atoms with van der Waals surface area (Å²) in [6, 6.07) is 8.26. The minimum Gasteiger partial charge on any atom is -0.222 e. The normalized spacial score (nSPS) is 12.8. The van der Waals surface area contributed by atoms with Gasteiger partial charge in [0.05, 0.1) is 0 Å². The molecule has 0 saturated carbocycles. The van der Waals surface area contributed by atoms with Crippen LogP contribution in [0.2, 0.25) is 0 Å². The molecule has 0 aromatic heterocycles. The van der Waals surface area contributed by atoms with Crippen LogP contribution in [0.4, 0.5) is 0 Å². The molecule has 1 aliphatic heterocycles. The van der Waals surface area contributed by atoms with E-state index in [2.05, 4.69) is 26.0 Å². The monoisotopic (exact) mass is 324 g/mol. The summed E-state index contributed by atoms with van der Waals surface area (Å²) in [4.78, 5) is 0. The largest absolute Gasteiger partial charge is 0.805 e. The van der Waals surface area contributed by atoms with Gasteiger partial charge in [-0.2, -0.15) is 0 Å². The average molecular weight is 324 g/mol. The molecule has 0 aliphatic carbocycles. The zero-order chi connectivity index (χ0) is 15.1. The molecule has 0 saturated heterocycles. The van der Waals surface area contributed by atoms with E-state index in [1.165, 1.54) is 11.1 Å². The molecular weight excluding hydrogens is 306 g/mol. The fourth-order valence-corrected chi connectivity index (χ4v) is 3.84. The van der Waals surface area contributed by atoms with Crippen molar-refractivity contribution in [2.45, 2.75) is 34.1 Å². The molecule has 1 heterocycles. The van der Waals surface area contributed by atoms with Gasteiger partial charge in [0.2, 0.25) is 0 Å². The van der Waals surface area contributed by atoms with Crippen LogP contribution in [0.15, 0.2) is 24.3 Å². The molecule has 5 heteroatoms. The maximum Gasteiger partial charge on any atom is 0.805 e. The molecule has 0 fully saturated rings. The van der Waals surface area contributed by atoms with E-state index in [-0.39, 0.29) is 29.6 Å². The van der Waals surface area contributed by atoms with Gasteiger partial charge >= 0.3 is 8.25 Å². The number of benzene rings is 2. The second-order valence-electron chi connectivity index (χ2n) is 5.72. The van der Waals surface area contributed by atoms with Gasteiger partial charge in [-0.15, -0.1) is 0 Å². The maximum atomic E-state index is 12.1. The van der Waals surface area contributed by atoms with E-state index in [4.69, 9.17) is 9.05 Å². The van der Waals surface area contributed by atoms with Crippen LogP contribution in [0.3, 0.4) is 0 Å². The summed E-state index contributed by atoms with van der Waals surface area (Å²) < 4.78 is 23.2. The molecule has 0 bridgehead atoms. The van der Waals surface area contributed by atoms with Crippen LogP contribution in [-0.2, 0) is 11.0 Å². The van der Waals surface area contributed by atoms with Gasteiger partial charge in [-0.25, -0.2) is 9.05 Å². The fraction of sp³-hybridized carbons (Fsp3) is 0.294. The van der Waals surface area contributed by atoms with Crippen molar-refractivity contribution in [1.82, 2.24) is 0 Å². The molecule has 109 valence electrons. The molecule has 0 spiro atoms. The molecular formula is C17H18NaO3P+. The van der Waals surface area contributed by atoms with Crippen LogP contribution >= 0.6 is 8.25 Å². The van der Waals surface area contributed by atoms with Crippen LogP contribution in [0, 0.1) is 27.7 Å². The summed E-state index contributed by atoms with van der Waals surface area (Å²) in [5.41, 5.74) is 6.46. The molecule has 2 aromatic carbocycles. The Labute approximate surface area is 154 Å². The third-order valence-corrected chi connectivity index (χ3v) is 4.37. The smallest absolute Gasteiger partial charge is 0.222 e. The molecule has 0 unspecified atom stereocenters. The first-order chi connectivity index (χ1) is 9.94. The topological polar surface area (TPSA) is 35.5 Å². The van der Waals surface area contributed by atoms with E-state index >= 15 is 0 Å². The molecule has 3 rings (SSSR count). The van der Waals surface area contributed by atoms with Gasteiger partial charge in [0, 0.05) is 51.7 Å². The third-order valence-electron chi connectivity index (χ3n) is 3.70. The summed E-state index contributed by atoms with van der Waals surface area (Å²) in [6.45, 7) is 8.06. The Kier molecular flexibility index (Phi) is 5.34. The fourth-order valence-electron chi connectivity index (χ4n) is 2.98. The van der Waals surface area contributed by atoms with Crippen LogP contribution in [0.25, 0.3) is 0 Å². The molecule has 1 aliphatic rings. The average Bonchev–Trinajstić information content (AvgIpc) is 2.36. The zero-order valence-corrected chi connectivity index (χ0v) is 16.6. The van der Waals surface area contributed by atoms with Crippen LogP contribution in [0.5, 0.6) is 11.5 Å². The molecule has 0 N–H and O–H groups in total. The van der Waals surface area contributed by atoms with E-state index in [1.807, 2.05) is 26.0 Å². The Morgan fingerprint density at radius 2 is 1.23 bits per heavy atom. The van der Waals surface area contributed by atoms with Gasteiger partial charge in [0.15, 0.2) is 11.5 Å². The van der Waals surface area contributed by atoms with Gasteiger partial charge in [-0.05, 0) is 38.8 Å². The summed E-state index contributed by atoms with van der Waals surface area (Å²) >= 11 is 0. The summed E-state index contributed by atoms with van der Waals surface area (Å²) in [7, 11) is -2.21. The maximum absolute atomic E-state index is 12.1. The van der Waals surface area contributed by atoms with Crippen LogP contribution < -0.4 is 9.05 Å². The van der Waals surface area contributed by atoms with Crippen molar-refractivity contribution in [3.63, 3.8) is 0 Å². The van der Waals surface area contributed by atoms with Gasteiger partial charge < -0.3 is 0 Å². The Hall–Kier alpha value is -0.860. The SMILES string of the molecule is Cc1cc(C)c2c(c1)Cc1cc(C)cc(C)c1O[P+](=O)O2.[Na]. The number of aryl methyl sites for hydroxylation is 4. The first-order valence-electron chi connectivity index (χ1n) is 6.97. The predicted molar refractivity (Wildman–Crippen MR) is 89.3 cm³/mol. The van der Waals surface area contributed by atoms with Crippen molar-refractivity contribution >= 4 is 37.8 Å². The minimum absolute atomic E-state index is 0. The van der Waals surface area contributed by atoms with Crippen LogP contribution in [0.1, 0.15) is 33.4 Å². The van der Waals surface area contributed by atoms with E-state index in [0.29, 0.717) is 11.5 Å². The first kappa shape index (κ1) is 17.5. The third kappa shape index (κ3) is 3.38. The summed E-state index contributed by atoms with van der Waals surface area (Å²) in [5.74, 6) is 1.37. The minimum atomic E-state index is -2.21. The second-order valence-corrected chi connectivity index (χ2v) is 6.54. The van der Waals surface area contributed by atoms with Crippen molar-refractivity contribution in [2.75, 3.05) is 0 Å². The molecule has 0 amide bonds. The Balaban J connectivity index is 0.00000176. The quantitative estimate of drug-likeness (QED) is 0.526. The van der Waals surface area contributed by atoms with E-state index in [1.54, 1.807) is 0 Å². The van der Waals surface area contributed by atoms with Crippen molar-refractivity contribution < 1.29 is 13.6 Å². The summed E-state index contributed by atoms with van der Waals surface area (Å²) in [5, 5.41) is 0. The summed E-state index contributed by atoms with van der Waals surface area (Å²) in [6.07, 6.45) is 0.721. The molecule has 3 nitrogen and oxygen atoms in total. The standard InChI is InChI=1S/C17H18O3P.Na/c1-10-5-12(3)16-14(7-10)9-15-8-11(2)6-13(4)17(15)20-21(18)19-16;/h5-8H,9H2,1-4H3;/q+1;. The van der Waals surface area contributed by atoms with Gasteiger partial charge in [0.25, 0.3) is 0 Å². The number of fused-ring (bicyclic) bond motifs is 2.